The molecule has 0 aliphatic carbocycles. The Kier molecular flexibility index (Phi) is 3.03. The number of aryl methyl sites for hydroxylation is 1. The molecule has 3 rings (SSSR count). The van der Waals surface area contributed by atoms with Crippen LogP contribution in [0.4, 0.5) is 0 Å². The fourth-order valence-electron chi connectivity index (χ4n) is 3.01. The van der Waals surface area contributed by atoms with E-state index < -0.39 is 12.0 Å². The topological polar surface area (TPSA) is 80.0 Å². The first kappa shape index (κ1) is 11.6. The molecular weight excluding hydrogens is 232 g/mol. The molecule has 0 spiro atoms. The van der Waals surface area contributed by atoms with Gasteiger partial charge >= 0.3 is 5.97 Å². The molecule has 2 atom stereocenters. The molecule has 1 aromatic rings. The van der Waals surface area contributed by atoms with Crippen LogP contribution in [0.2, 0.25) is 0 Å². The maximum absolute atomic E-state index is 11.4. The molecule has 6 heteroatoms. The van der Waals surface area contributed by atoms with Gasteiger partial charge in [-0.05, 0) is 32.2 Å². The minimum absolute atomic E-state index is 0.306. The Labute approximate surface area is 105 Å². The monoisotopic (exact) mass is 250 g/mol. The molecule has 2 aliphatic heterocycles. The molecule has 2 N–H and O–H groups in total. The number of nitrogens with one attached hydrogen (secondary N) is 1. The Bertz CT molecular complexity index is 451. The van der Waals surface area contributed by atoms with E-state index in [9.17, 15) is 9.90 Å². The molecular formula is C12H18N4O2. The first-order valence-electron chi connectivity index (χ1n) is 6.64. The Hall–Kier alpha value is -1.43. The molecule has 1 saturated heterocycles. The highest BCUT2D eigenvalue weighted by molar-refractivity contribution is 5.72. The van der Waals surface area contributed by atoms with Crippen molar-refractivity contribution in [2.45, 2.75) is 44.1 Å². The van der Waals surface area contributed by atoms with Gasteiger partial charge in [0.15, 0.2) is 0 Å². The van der Waals surface area contributed by atoms with E-state index in [2.05, 4.69) is 15.5 Å². The van der Waals surface area contributed by atoms with Gasteiger partial charge in [0.05, 0.1) is 0 Å². The third-order valence-corrected chi connectivity index (χ3v) is 3.93. The number of aromatic nitrogens is 3. The average molecular weight is 250 g/mol. The lowest BCUT2D eigenvalue weighted by molar-refractivity contribution is -0.141. The Balaban J connectivity index is 1.96. The SMILES string of the molecule is O=C(O)C1CCCc2nnc(C3CCCNC3)n21. The summed E-state index contributed by atoms with van der Waals surface area (Å²) in [5.74, 6) is 1.25. The van der Waals surface area contributed by atoms with E-state index in [1.54, 1.807) is 0 Å². The Morgan fingerprint density at radius 3 is 2.94 bits per heavy atom. The van der Waals surface area contributed by atoms with Gasteiger partial charge in [-0.25, -0.2) is 4.79 Å². The largest absolute Gasteiger partial charge is 0.480 e. The van der Waals surface area contributed by atoms with E-state index in [1.165, 1.54) is 0 Å². The van der Waals surface area contributed by atoms with E-state index in [4.69, 9.17) is 0 Å². The van der Waals surface area contributed by atoms with E-state index in [1.807, 2.05) is 4.57 Å². The first-order chi connectivity index (χ1) is 8.77. The van der Waals surface area contributed by atoms with Crippen LogP contribution in [0.1, 0.15) is 49.3 Å². The van der Waals surface area contributed by atoms with Crippen molar-refractivity contribution in [1.29, 1.82) is 0 Å². The fourth-order valence-corrected chi connectivity index (χ4v) is 3.01. The summed E-state index contributed by atoms with van der Waals surface area (Å²) in [7, 11) is 0. The molecule has 0 aromatic carbocycles. The van der Waals surface area contributed by atoms with Crippen LogP contribution in [0.3, 0.4) is 0 Å². The van der Waals surface area contributed by atoms with E-state index in [0.717, 1.165) is 50.4 Å². The van der Waals surface area contributed by atoms with Gasteiger partial charge in [0.2, 0.25) is 0 Å². The number of carbonyl (C=O) groups is 1. The minimum atomic E-state index is -0.763. The number of hydrogen-bond donors (Lipinski definition) is 2. The number of nitrogens with zero attached hydrogens (tertiary/aromatic N) is 3. The van der Waals surface area contributed by atoms with Crippen molar-refractivity contribution < 1.29 is 9.90 Å². The van der Waals surface area contributed by atoms with Gasteiger partial charge in [-0.3, -0.25) is 0 Å². The highest BCUT2D eigenvalue weighted by Crippen LogP contribution is 2.30. The lowest BCUT2D eigenvalue weighted by Gasteiger charge is -2.27. The zero-order chi connectivity index (χ0) is 12.5. The summed E-state index contributed by atoms with van der Waals surface area (Å²) in [5, 5.41) is 21.1. The lowest BCUT2D eigenvalue weighted by Crippen LogP contribution is -2.33. The Morgan fingerprint density at radius 2 is 2.22 bits per heavy atom. The smallest absolute Gasteiger partial charge is 0.326 e. The number of aliphatic carboxylic acids is 1. The molecule has 0 radical (unpaired) electrons. The second-order valence-corrected chi connectivity index (χ2v) is 5.13. The van der Waals surface area contributed by atoms with E-state index in [-0.39, 0.29) is 0 Å². The van der Waals surface area contributed by atoms with Gasteiger partial charge in [-0.2, -0.15) is 0 Å². The quantitative estimate of drug-likeness (QED) is 0.808. The molecule has 2 unspecified atom stereocenters. The zero-order valence-corrected chi connectivity index (χ0v) is 10.3. The Morgan fingerprint density at radius 1 is 1.33 bits per heavy atom. The van der Waals surface area contributed by atoms with Crippen LogP contribution in [0.25, 0.3) is 0 Å². The molecule has 18 heavy (non-hydrogen) atoms. The van der Waals surface area contributed by atoms with Crippen molar-refractivity contribution >= 4 is 5.97 Å². The fraction of sp³-hybridized carbons (Fsp3) is 0.750. The van der Waals surface area contributed by atoms with Crippen molar-refractivity contribution in [1.82, 2.24) is 20.1 Å². The normalized spacial score (nSPS) is 27.8. The van der Waals surface area contributed by atoms with Gasteiger partial charge in [0.25, 0.3) is 0 Å². The van der Waals surface area contributed by atoms with Crippen LogP contribution in [0, 0.1) is 0 Å². The van der Waals surface area contributed by atoms with Gasteiger partial charge in [-0.1, -0.05) is 0 Å². The van der Waals surface area contributed by atoms with Crippen LogP contribution in [0.15, 0.2) is 0 Å². The summed E-state index contributed by atoms with van der Waals surface area (Å²) >= 11 is 0. The second kappa shape index (κ2) is 4.68. The number of carboxylic acid groups (broad SMARTS) is 1. The predicted octanol–water partition coefficient (Wildman–Crippen LogP) is 0.707. The van der Waals surface area contributed by atoms with E-state index >= 15 is 0 Å². The van der Waals surface area contributed by atoms with Crippen LogP contribution in [0.5, 0.6) is 0 Å². The summed E-state index contributed by atoms with van der Waals surface area (Å²) in [6.07, 6.45) is 4.60. The van der Waals surface area contributed by atoms with Crippen LogP contribution < -0.4 is 5.32 Å². The number of rotatable bonds is 2. The number of carboxylic acids is 1. The predicted molar refractivity (Wildman–Crippen MR) is 64.5 cm³/mol. The molecule has 2 aliphatic rings. The van der Waals surface area contributed by atoms with Gasteiger partial charge < -0.3 is 15.0 Å². The van der Waals surface area contributed by atoms with Gasteiger partial charge in [0, 0.05) is 18.9 Å². The lowest BCUT2D eigenvalue weighted by atomic mass is 9.97. The summed E-state index contributed by atoms with van der Waals surface area (Å²) in [5.41, 5.74) is 0. The van der Waals surface area contributed by atoms with Crippen molar-refractivity contribution in [2.75, 3.05) is 13.1 Å². The summed E-state index contributed by atoms with van der Waals surface area (Å²) in [6.45, 7) is 1.92. The van der Waals surface area contributed by atoms with Gasteiger partial charge in [0.1, 0.15) is 17.7 Å². The first-order valence-corrected chi connectivity index (χ1v) is 6.64. The van der Waals surface area contributed by atoms with Crippen LogP contribution in [-0.2, 0) is 11.2 Å². The third kappa shape index (κ3) is 1.90. The molecule has 98 valence electrons. The van der Waals surface area contributed by atoms with Crippen molar-refractivity contribution in [3.63, 3.8) is 0 Å². The summed E-state index contributed by atoms with van der Waals surface area (Å²) in [4.78, 5) is 11.4. The number of piperidine rings is 1. The number of hydrogen-bond acceptors (Lipinski definition) is 4. The molecule has 1 fully saturated rings. The molecule has 6 nitrogen and oxygen atoms in total. The van der Waals surface area contributed by atoms with Gasteiger partial charge in [-0.15, -0.1) is 10.2 Å². The van der Waals surface area contributed by atoms with Crippen molar-refractivity contribution in [3.05, 3.63) is 11.6 Å². The van der Waals surface area contributed by atoms with E-state index in [0.29, 0.717) is 12.3 Å². The molecule has 0 amide bonds. The maximum Gasteiger partial charge on any atom is 0.326 e. The molecule has 0 bridgehead atoms. The molecule has 1 aromatic heterocycles. The minimum Gasteiger partial charge on any atom is -0.480 e. The number of fused-ring (bicyclic) bond motifs is 1. The standard InChI is InChI=1S/C12H18N4O2/c17-12(18)9-4-1-5-10-14-15-11(16(9)10)8-3-2-6-13-7-8/h8-9,13H,1-7H2,(H,17,18). The van der Waals surface area contributed by atoms with Crippen LogP contribution in [-0.4, -0.2) is 38.9 Å². The second-order valence-electron chi connectivity index (χ2n) is 5.13. The molecule has 0 saturated carbocycles. The van der Waals surface area contributed by atoms with Crippen molar-refractivity contribution in [3.8, 4) is 0 Å². The highest BCUT2D eigenvalue weighted by atomic mass is 16.4. The highest BCUT2D eigenvalue weighted by Gasteiger charge is 2.32. The molecule has 3 heterocycles. The third-order valence-electron chi connectivity index (χ3n) is 3.93. The van der Waals surface area contributed by atoms with Crippen LogP contribution >= 0.6 is 0 Å². The summed E-state index contributed by atoms with van der Waals surface area (Å²) < 4.78 is 1.88. The average Bonchev–Trinajstić information content (AvgIpc) is 2.83. The maximum atomic E-state index is 11.4. The zero-order valence-electron chi connectivity index (χ0n) is 10.3. The summed E-state index contributed by atoms with van der Waals surface area (Å²) in [6, 6.07) is -0.472. The van der Waals surface area contributed by atoms with Crippen molar-refractivity contribution in [2.24, 2.45) is 0 Å².